The zero-order chi connectivity index (χ0) is 29.0. The number of carbonyl (C=O) groups is 2. The van der Waals surface area contributed by atoms with E-state index in [2.05, 4.69) is 43.2 Å². The van der Waals surface area contributed by atoms with E-state index >= 15 is 0 Å². The van der Waals surface area contributed by atoms with Crippen LogP contribution in [0, 0.1) is 0 Å². The number of nitrogens with one attached hydrogen (secondary N) is 2. The molecule has 1 aliphatic heterocycles. The van der Waals surface area contributed by atoms with Gasteiger partial charge >= 0.3 is 6.09 Å². The van der Waals surface area contributed by atoms with Crippen LogP contribution in [-0.4, -0.2) is 63.0 Å². The highest BCUT2D eigenvalue weighted by Gasteiger charge is 2.30. The number of hydrogen-bond acceptors (Lipinski definition) is 10. The zero-order valence-corrected chi connectivity index (χ0v) is 25.8. The molecule has 2 aliphatic rings. The lowest BCUT2D eigenvalue weighted by atomic mass is 9.82. The fourth-order valence-corrected chi connectivity index (χ4v) is 7.37. The number of hydrogen-bond donors (Lipinski definition) is 2. The van der Waals surface area contributed by atoms with Crippen LogP contribution in [0.1, 0.15) is 98.2 Å². The molecule has 3 aromatic rings. The fraction of sp³-hybridized carbons (Fsp3) is 0.586. The quantitative estimate of drug-likeness (QED) is 0.332. The van der Waals surface area contributed by atoms with Crippen LogP contribution < -0.4 is 10.6 Å². The van der Waals surface area contributed by atoms with Crippen molar-refractivity contribution < 1.29 is 14.3 Å². The van der Waals surface area contributed by atoms with Crippen molar-refractivity contribution in [3.63, 3.8) is 0 Å². The Kier molecular flexibility index (Phi) is 9.18. The maximum atomic E-state index is 12.9. The molecule has 2 amide bonds. The molecule has 1 saturated heterocycles. The van der Waals surface area contributed by atoms with Gasteiger partial charge in [0.1, 0.15) is 15.6 Å². The van der Waals surface area contributed by atoms with E-state index in [9.17, 15) is 9.59 Å². The van der Waals surface area contributed by atoms with E-state index < -0.39 is 5.60 Å². The fourth-order valence-electron chi connectivity index (χ4n) is 5.62. The summed E-state index contributed by atoms with van der Waals surface area (Å²) in [7, 11) is 1.86. The van der Waals surface area contributed by atoms with Crippen molar-refractivity contribution >= 4 is 44.9 Å². The van der Waals surface area contributed by atoms with Crippen LogP contribution >= 0.6 is 22.7 Å². The molecule has 2 atom stereocenters. The van der Waals surface area contributed by atoms with Crippen LogP contribution in [0.25, 0.3) is 0 Å². The van der Waals surface area contributed by atoms with Gasteiger partial charge < -0.3 is 20.3 Å². The Morgan fingerprint density at radius 1 is 0.951 bits per heavy atom. The molecule has 3 heterocycles. The number of anilines is 2. The van der Waals surface area contributed by atoms with E-state index in [1.807, 2.05) is 40.0 Å². The Labute approximate surface area is 249 Å². The molecular formula is C29H39N7O3S2. The second-order valence-electron chi connectivity index (χ2n) is 11.9. The Hall–Kier alpha value is -3.12. The lowest BCUT2D eigenvalue weighted by Gasteiger charge is -2.33. The number of rotatable bonds is 7. The first-order valence-corrected chi connectivity index (χ1v) is 16.0. The summed E-state index contributed by atoms with van der Waals surface area (Å²) in [5, 5.41) is 26.8. The molecule has 1 aliphatic carbocycles. The Morgan fingerprint density at radius 2 is 1.61 bits per heavy atom. The minimum atomic E-state index is -0.491. The molecule has 0 radical (unpaired) electrons. The predicted molar refractivity (Wildman–Crippen MR) is 162 cm³/mol. The van der Waals surface area contributed by atoms with Crippen LogP contribution in [0.15, 0.2) is 24.3 Å². The van der Waals surface area contributed by atoms with E-state index in [1.165, 1.54) is 16.9 Å². The van der Waals surface area contributed by atoms with Gasteiger partial charge in [0.2, 0.25) is 16.2 Å². The molecule has 0 spiro atoms. The van der Waals surface area contributed by atoms with Crippen molar-refractivity contribution in [2.24, 2.45) is 0 Å². The van der Waals surface area contributed by atoms with E-state index in [0.29, 0.717) is 36.0 Å². The lowest BCUT2D eigenvalue weighted by molar-refractivity contribution is -0.115. The van der Waals surface area contributed by atoms with Gasteiger partial charge in [-0.25, -0.2) is 4.79 Å². The highest BCUT2D eigenvalue weighted by Crippen LogP contribution is 2.43. The third kappa shape index (κ3) is 7.79. The topological polar surface area (TPSA) is 122 Å². The van der Waals surface area contributed by atoms with Crippen LogP contribution in [0.2, 0.25) is 0 Å². The molecule has 1 aromatic carbocycles. The molecule has 1 unspecified atom stereocenters. The highest BCUT2D eigenvalue weighted by atomic mass is 32.1. The van der Waals surface area contributed by atoms with E-state index in [-0.39, 0.29) is 18.4 Å². The second kappa shape index (κ2) is 12.8. The summed E-state index contributed by atoms with van der Waals surface area (Å²) in [6.07, 6.45) is 6.05. The number of carbonyl (C=O) groups excluding carboxylic acids is 2. The smallest absolute Gasteiger partial charge is 0.410 e. The summed E-state index contributed by atoms with van der Waals surface area (Å²) in [5.41, 5.74) is 1.68. The van der Waals surface area contributed by atoms with Gasteiger partial charge in [-0.2, -0.15) is 0 Å². The number of nitrogens with zero attached hydrogens (tertiary/aromatic N) is 5. The first-order chi connectivity index (χ1) is 19.7. The molecule has 2 N–H and O–H groups in total. The molecule has 41 heavy (non-hydrogen) atoms. The van der Waals surface area contributed by atoms with Crippen LogP contribution in [0.3, 0.4) is 0 Å². The average Bonchev–Trinajstić information content (AvgIpc) is 3.62. The van der Waals surface area contributed by atoms with Gasteiger partial charge in [0.25, 0.3) is 0 Å². The number of benzene rings is 1. The van der Waals surface area contributed by atoms with Crippen molar-refractivity contribution in [3.05, 3.63) is 45.4 Å². The first-order valence-electron chi connectivity index (χ1n) is 14.4. The van der Waals surface area contributed by atoms with Crippen molar-refractivity contribution in [3.8, 4) is 0 Å². The number of likely N-dealkylation sites (tertiary alicyclic amines) is 1. The largest absolute Gasteiger partial charge is 0.444 e. The number of aromatic nitrogens is 4. The zero-order valence-electron chi connectivity index (χ0n) is 24.2. The van der Waals surface area contributed by atoms with Crippen LogP contribution in [0.4, 0.5) is 15.1 Å². The van der Waals surface area contributed by atoms with E-state index in [4.69, 9.17) is 4.74 Å². The molecule has 2 fully saturated rings. The Bertz CT molecular complexity index is 1340. The van der Waals surface area contributed by atoms with E-state index in [0.717, 1.165) is 59.2 Å². The first kappa shape index (κ1) is 29.4. The van der Waals surface area contributed by atoms with Gasteiger partial charge in [0.05, 0.1) is 6.42 Å². The Morgan fingerprint density at radius 3 is 2.24 bits per heavy atom. The molecule has 5 rings (SSSR count). The lowest BCUT2D eigenvalue weighted by Crippen LogP contribution is -2.41. The number of ether oxygens (including phenoxy) is 1. The van der Waals surface area contributed by atoms with Crippen LogP contribution in [0.5, 0.6) is 0 Å². The van der Waals surface area contributed by atoms with Gasteiger partial charge in [-0.3, -0.25) is 4.79 Å². The maximum Gasteiger partial charge on any atom is 0.410 e. The molecule has 220 valence electrons. The second-order valence-corrected chi connectivity index (χ2v) is 13.9. The SMILES string of the molecule is CNc1nnc(C2CCC[C@H](c3nnc(NC(=O)Cc4cccc(C5CCN(C(=O)OC(C)(C)C)CC5)c4)s3)C2)s1. The summed E-state index contributed by atoms with van der Waals surface area (Å²) in [4.78, 5) is 27.1. The maximum absolute atomic E-state index is 12.9. The summed E-state index contributed by atoms with van der Waals surface area (Å²) >= 11 is 3.10. The van der Waals surface area contributed by atoms with Crippen molar-refractivity contribution in [2.45, 2.75) is 89.1 Å². The monoisotopic (exact) mass is 597 g/mol. The summed E-state index contributed by atoms with van der Waals surface area (Å²) in [5.74, 6) is 0.954. The molecule has 1 saturated carbocycles. The third-order valence-electron chi connectivity index (χ3n) is 7.65. The van der Waals surface area contributed by atoms with Gasteiger partial charge in [0, 0.05) is 32.0 Å². The minimum Gasteiger partial charge on any atom is -0.444 e. The summed E-state index contributed by atoms with van der Waals surface area (Å²) in [6, 6.07) is 8.23. The average molecular weight is 598 g/mol. The highest BCUT2D eigenvalue weighted by molar-refractivity contribution is 7.15. The number of amides is 2. The molecule has 10 nitrogen and oxygen atoms in total. The van der Waals surface area contributed by atoms with Crippen molar-refractivity contribution in [1.82, 2.24) is 25.3 Å². The van der Waals surface area contributed by atoms with Gasteiger partial charge in [-0.05, 0) is 69.9 Å². The minimum absolute atomic E-state index is 0.0976. The van der Waals surface area contributed by atoms with Gasteiger partial charge in [0.15, 0.2) is 0 Å². The Balaban J connectivity index is 1.12. The number of piperidine rings is 1. The summed E-state index contributed by atoms with van der Waals surface area (Å²) < 4.78 is 5.52. The molecule has 2 aromatic heterocycles. The predicted octanol–water partition coefficient (Wildman–Crippen LogP) is 6.17. The van der Waals surface area contributed by atoms with Crippen molar-refractivity contribution in [1.29, 1.82) is 0 Å². The molecule has 0 bridgehead atoms. The standard InChI is InChI=1S/C29H39N7O3S2/c1-29(2,3)39-28(38)36-13-11-19(12-14-36)20-8-5-7-18(15-20)16-23(37)31-27-35-33-25(41-27)22-10-6-9-21(17-22)24-32-34-26(30-4)40-24/h5,7-8,15,19,21-22H,6,9-14,16-17H2,1-4H3,(H,30,34)(H,31,35,37)/t21?,22-/m0/s1. The van der Waals surface area contributed by atoms with Crippen LogP contribution in [-0.2, 0) is 16.0 Å². The van der Waals surface area contributed by atoms with Gasteiger partial charge in [-0.15, -0.1) is 20.4 Å². The molecule has 12 heteroatoms. The van der Waals surface area contributed by atoms with Crippen molar-refractivity contribution in [2.75, 3.05) is 30.8 Å². The third-order valence-corrected chi connectivity index (χ3v) is 9.75. The van der Waals surface area contributed by atoms with Gasteiger partial charge in [-0.1, -0.05) is 53.4 Å². The normalized spacial score (nSPS) is 20.0. The molecular weight excluding hydrogens is 558 g/mol. The summed E-state index contributed by atoms with van der Waals surface area (Å²) in [6.45, 7) is 7.00. The van der Waals surface area contributed by atoms with E-state index in [1.54, 1.807) is 16.2 Å².